The molecule has 0 fully saturated rings. The van der Waals surface area contributed by atoms with Crippen LogP contribution in [-0.2, 0) is 23.7 Å². The second kappa shape index (κ2) is 10.9. The predicted octanol–water partition coefficient (Wildman–Crippen LogP) is 4.41. The van der Waals surface area contributed by atoms with Gasteiger partial charge in [0.05, 0.1) is 0 Å². The predicted molar refractivity (Wildman–Crippen MR) is 70.8 cm³/mol. The lowest BCUT2D eigenvalue weighted by Crippen LogP contribution is -2.43. The van der Waals surface area contributed by atoms with E-state index in [1.165, 1.54) is 6.92 Å². The molecule has 176 valence electrons. The molecule has 0 N–H and O–H groups in total. The molecule has 0 aromatic carbocycles. The molecule has 0 aromatic heterocycles. The summed E-state index contributed by atoms with van der Waals surface area (Å²) in [6, 6.07) is 0. The molecule has 0 unspecified atom stereocenters. The molecule has 0 atom stereocenters. The van der Waals surface area contributed by atoms with Gasteiger partial charge in [-0.1, -0.05) is 6.92 Å². The van der Waals surface area contributed by atoms with Crippen LogP contribution < -0.4 is 0 Å². The van der Waals surface area contributed by atoms with Gasteiger partial charge in [-0.2, -0.15) is 48.3 Å². The Bertz CT molecular complexity index is 471. The van der Waals surface area contributed by atoms with E-state index in [4.69, 9.17) is 0 Å². The SMILES string of the molecule is CCCOCC(F)(F)OC(F)(F)COCC(F)(F)OC(F)(F)COCC(F)(F)F. The van der Waals surface area contributed by atoms with Gasteiger partial charge in [-0.25, -0.2) is 0 Å². The van der Waals surface area contributed by atoms with Crippen molar-refractivity contribution in [2.24, 2.45) is 0 Å². The Morgan fingerprint density at radius 1 is 0.483 bits per heavy atom. The van der Waals surface area contributed by atoms with Crippen LogP contribution in [0.4, 0.5) is 48.3 Å². The van der Waals surface area contributed by atoms with Gasteiger partial charge in [-0.15, -0.1) is 0 Å². The van der Waals surface area contributed by atoms with Crippen LogP contribution >= 0.6 is 0 Å². The molecule has 0 aromatic rings. The van der Waals surface area contributed by atoms with Crippen molar-refractivity contribution in [3.63, 3.8) is 0 Å². The zero-order chi connectivity index (χ0) is 23.0. The Kier molecular flexibility index (Phi) is 10.5. The minimum absolute atomic E-state index is 0.203. The van der Waals surface area contributed by atoms with Gasteiger partial charge in [0.15, 0.2) is 0 Å². The number of hydrogen-bond acceptors (Lipinski definition) is 5. The lowest BCUT2D eigenvalue weighted by molar-refractivity contribution is -0.411. The minimum atomic E-state index is -5.02. The van der Waals surface area contributed by atoms with E-state index in [-0.39, 0.29) is 13.0 Å². The highest BCUT2D eigenvalue weighted by molar-refractivity contribution is 4.62. The number of rotatable bonds is 15. The van der Waals surface area contributed by atoms with Gasteiger partial charge in [0.1, 0.15) is 33.0 Å². The van der Waals surface area contributed by atoms with E-state index >= 15 is 0 Å². The van der Waals surface area contributed by atoms with E-state index in [2.05, 4.69) is 23.7 Å². The van der Waals surface area contributed by atoms with E-state index in [1.807, 2.05) is 0 Å². The summed E-state index contributed by atoms with van der Waals surface area (Å²) in [6.45, 7) is -9.13. The summed E-state index contributed by atoms with van der Waals surface area (Å²) in [5, 5.41) is 0. The molecule has 0 saturated heterocycles. The van der Waals surface area contributed by atoms with Crippen molar-refractivity contribution in [1.29, 1.82) is 0 Å². The van der Waals surface area contributed by atoms with Crippen LogP contribution in [0.3, 0.4) is 0 Å². The fourth-order valence-corrected chi connectivity index (χ4v) is 1.46. The third-order valence-electron chi connectivity index (χ3n) is 2.29. The van der Waals surface area contributed by atoms with Crippen molar-refractivity contribution in [2.75, 3.05) is 39.6 Å². The van der Waals surface area contributed by atoms with E-state index in [0.717, 1.165) is 0 Å². The molecular formula is C13H17F11O5. The fraction of sp³-hybridized carbons (Fsp3) is 1.00. The molecule has 29 heavy (non-hydrogen) atoms. The molecule has 0 aliphatic heterocycles. The molecule has 0 amide bonds. The van der Waals surface area contributed by atoms with Crippen molar-refractivity contribution >= 4 is 0 Å². The zero-order valence-corrected chi connectivity index (χ0v) is 14.6. The second-order valence-corrected chi connectivity index (χ2v) is 5.41. The molecule has 0 spiro atoms. The van der Waals surface area contributed by atoms with Crippen molar-refractivity contribution in [3.05, 3.63) is 0 Å². The minimum Gasteiger partial charge on any atom is -0.372 e. The monoisotopic (exact) mass is 462 g/mol. The number of ether oxygens (including phenoxy) is 5. The van der Waals surface area contributed by atoms with Crippen LogP contribution in [0, 0.1) is 0 Å². The Labute approximate surface area is 157 Å². The first-order chi connectivity index (χ1) is 12.9. The van der Waals surface area contributed by atoms with Gasteiger partial charge in [0.25, 0.3) is 0 Å². The van der Waals surface area contributed by atoms with Crippen LogP contribution in [0.5, 0.6) is 0 Å². The first-order valence-electron chi connectivity index (χ1n) is 7.60. The van der Waals surface area contributed by atoms with Crippen LogP contribution in [0.15, 0.2) is 0 Å². The van der Waals surface area contributed by atoms with E-state index < -0.39 is 63.6 Å². The Balaban J connectivity index is 4.45. The maximum atomic E-state index is 13.2. The second-order valence-electron chi connectivity index (χ2n) is 5.41. The standard InChI is InChI=1S/C13H17F11O5/c1-2-3-25-5-10(17,18)28-12(21,22)7-27-8-13(23,24)29-11(19,20)6-26-4-9(14,15)16/h2-8H2,1H3. The third-order valence-corrected chi connectivity index (χ3v) is 2.29. The first kappa shape index (κ1) is 28.0. The lowest BCUT2D eigenvalue weighted by atomic mass is 10.5. The molecular weight excluding hydrogens is 445 g/mol. The highest BCUT2D eigenvalue weighted by atomic mass is 19.4. The summed E-state index contributed by atoms with van der Waals surface area (Å²) in [5.41, 5.74) is 0. The molecule has 16 heteroatoms. The van der Waals surface area contributed by atoms with Crippen LogP contribution in [-0.4, -0.2) is 70.3 Å². The largest absolute Gasteiger partial charge is 0.411 e. The highest BCUT2D eigenvalue weighted by Gasteiger charge is 2.48. The number of halogens is 11. The summed E-state index contributed by atoms with van der Waals surface area (Å²) in [6.07, 6.45) is -24.0. The van der Waals surface area contributed by atoms with Crippen molar-refractivity contribution in [1.82, 2.24) is 0 Å². The topological polar surface area (TPSA) is 46.2 Å². The Hall–Kier alpha value is -0.970. The van der Waals surface area contributed by atoms with Gasteiger partial charge in [0.2, 0.25) is 0 Å². The average molecular weight is 462 g/mol. The zero-order valence-electron chi connectivity index (χ0n) is 14.6. The molecule has 0 heterocycles. The molecule has 0 radical (unpaired) electrons. The molecule has 0 aliphatic carbocycles. The molecule has 5 nitrogen and oxygen atoms in total. The summed E-state index contributed by atoms with van der Waals surface area (Å²) in [5.74, 6) is 0. The van der Waals surface area contributed by atoms with Crippen LogP contribution in [0.2, 0.25) is 0 Å². The quantitative estimate of drug-likeness (QED) is 0.267. The number of alkyl halides is 11. The molecule has 0 bridgehead atoms. The van der Waals surface area contributed by atoms with Crippen molar-refractivity contribution in [3.8, 4) is 0 Å². The molecule has 0 aliphatic rings. The van der Waals surface area contributed by atoms with Gasteiger partial charge in [0, 0.05) is 6.61 Å². The van der Waals surface area contributed by atoms with Crippen molar-refractivity contribution in [2.45, 2.75) is 44.0 Å². The normalized spacial score (nSPS) is 14.5. The Morgan fingerprint density at radius 2 is 0.793 bits per heavy atom. The van der Waals surface area contributed by atoms with Crippen LogP contribution in [0.25, 0.3) is 0 Å². The fourth-order valence-electron chi connectivity index (χ4n) is 1.46. The summed E-state index contributed by atoms with van der Waals surface area (Å²) < 4.78 is 157. The highest BCUT2D eigenvalue weighted by Crippen LogP contribution is 2.30. The van der Waals surface area contributed by atoms with E-state index in [9.17, 15) is 48.3 Å². The van der Waals surface area contributed by atoms with Gasteiger partial charge >= 0.3 is 30.6 Å². The third kappa shape index (κ3) is 15.5. The lowest BCUT2D eigenvalue weighted by Gasteiger charge is -2.26. The van der Waals surface area contributed by atoms with Gasteiger partial charge < -0.3 is 14.2 Å². The van der Waals surface area contributed by atoms with E-state index in [1.54, 1.807) is 0 Å². The number of hydrogen-bond donors (Lipinski definition) is 0. The van der Waals surface area contributed by atoms with Gasteiger partial charge in [-0.05, 0) is 6.42 Å². The molecule has 0 saturated carbocycles. The maximum absolute atomic E-state index is 13.2. The first-order valence-corrected chi connectivity index (χ1v) is 7.60. The summed E-state index contributed by atoms with van der Waals surface area (Å²) in [4.78, 5) is 0. The van der Waals surface area contributed by atoms with Crippen LogP contribution in [0.1, 0.15) is 13.3 Å². The van der Waals surface area contributed by atoms with Gasteiger partial charge in [-0.3, -0.25) is 9.47 Å². The smallest absolute Gasteiger partial charge is 0.372 e. The molecule has 0 rings (SSSR count). The van der Waals surface area contributed by atoms with Crippen molar-refractivity contribution < 1.29 is 72.0 Å². The maximum Gasteiger partial charge on any atom is 0.411 e. The van der Waals surface area contributed by atoms with E-state index in [0.29, 0.717) is 0 Å². The summed E-state index contributed by atoms with van der Waals surface area (Å²) >= 11 is 0. The Morgan fingerprint density at radius 3 is 1.10 bits per heavy atom. The summed E-state index contributed by atoms with van der Waals surface area (Å²) in [7, 11) is 0. The average Bonchev–Trinajstić information content (AvgIpc) is 2.42.